The van der Waals surface area contributed by atoms with Crippen molar-refractivity contribution in [2.24, 2.45) is 5.92 Å². The number of rotatable bonds is 1. The van der Waals surface area contributed by atoms with Crippen LogP contribution in [0.1, 0.15) is 13.8 Å². The average Bonchev–Trinajstić information content (AvgIpc) is 2.10. The van der Waals surface area contributed by atoms with E-state index in [9.17, 15) is 9.59 Å². The predicted molar refractivity (Wildman–Crippen MR) is 30.1 cm³/mol. The molecule has 1 rings (SSSR count). The van der Waals surface area contributed by atoms with Crippen LogP contribution in [0.4, 0.5) is 4.79 Å². The van der Waals surface area contributed by atoms with Gasteiger partial charge in [-0.15, -0.1) is 0 Å². The normalized spacial score (nSPS) is 24.1. The summed E-state index contributed by atoms with van der Waals surface area (Å²) in [5.41, 5.74) is 0. The summed E-state index contributed by atoms with van der Waals surface area (Å²) in [4.78, 5) is 21.4. The van der Waals surface area contributed by atoms with Crippen LogP contribution in [0.15, 0.2) is 0 Å². The first-order valence-corrected chi connectivity index (χ1v) is 6.55. The Labute approximate surface area is 66.7 Å². The van der Waals surface area contributed by atoms with Crippen LogP contribution in [0.2, 0.25) is 4.51 Å². The predicted octanol–water partition coefficient (Wildman–Crippen LogP) is 1.19. The van der Waals surface area contributed by atoms with E-state index in [4.69, 9.17) is 0 Å². The third-order valence-electron chi connectivity index (χ3n) is 1.71. The molecule has 0 aliphatic carbocycles. The van der Waals surface area contributed by atoms with E-state index in [1.165, 1.54) is 0 Å². The molecular formula is C6H8O3Zn. The molecule has 1 aliphatic heterocycles. The third kappa shape index (κ3) is 1.43. The van der Waals surface area contributed by atoms with E-state index < -0.39 is 17.1 Å². The van der Waals surface area contributed by atoms with Crippen molar-refractivity contribution < 1.29 is 31.5 Å². The van der Waals surface area contributed by atoms with Crippen LogP contribution in [0, 0.1) is 5.92 Å². The Balaban J connectivity index is 2.63. The van der Waals surface area contributed by atoms with Gasteiger partial charge in [0.25, 0.3) is 0 Å². The van der Waals surface area contributed by atoms with Crippen LogP contribution in [0.3, 0.4) is 0 Å². The minimum atomic E-state index is -1.34. The van der Waals surface area contributed by atoms with Crippen molar-refractivity contribution in [3.8, 4) is 0 Å². The maximum atomic E-state index is 10.8. The molecule has 1 fully saturated rings. The molecule has 52 valence electrons. The average molecular weight is 194 g/mol. The van der Waals surface area contributed by atoms with E-state index in [1.807, 2.05) is 13.8 Å². The summed E-state index contributed by atoms with van der Waals surface area (Å²) < 4.78 is 4.23. The zero-order chi connectivity index (χ0) is 7.72. The van der Waals surface area contributed by atoms with Crippen molar-refractivity contribution in [3.05, 3.63) is 0 Å². The zero-order valence-electron chi connectivity index (χ0n) is 6.09. The van der Waals surface area contributed by atoms with E-state index in [2.05, 4.69) is 4.74 Å². The summed E-state index contributed by atoms with van der Waals surface area (Å²) in [6, 6.07) is 0. The molecule has 0 saturated carbocycles. The van der Waals surface area contributed by atoms with Crippen LogP contribution >= 0.6 is 0 Å². The van der Waals surface area contributed by atoms with Gasteiger partial charge in [0, 0.05) is 0 Å². The number of carbonyl (C=O) groups excluding carboxylic acids is 2. The second kappa shape index (κ2) is 2.79. The van der Waals surface area contributed by atoms with E-state index >= 15 is 0 Å². The van der Waals surface area contributed by atoms with Gasteiger partial charge < -0.3 is 0 Å². The van der Waals surface area contributed by atoms with Gasteiger partial charge in [0.2, 0.25) is 0 Å². The third-order valence-corrected chi connectivity index (χ3v) is 6.31. The molecule has 0 radical (unpaired) electrons. The summed E-state index contributed by atoms with van der Waals surface area (Å²) in [6.07, 6.45) is 0. The summed E-state index contributed by atoms with van der Waals surface area (Å²) in [6.45, 7) is 3.91. The number of hydrogen-bond donors (Lipinski definition) is 0. The molecule has 1 atom stereocenters. The summed E-state index contributed by atoms with van der Waals surface area (Å²) in [7, 11) is 0. The first kappa shape index (κ1) is 7.87. The molecule has 4 heteroatoms. The van der Waals surface area contributed by atoms with Gasteiger partial charge in [0.05, 0.1) is 0 Å². The van der Waals surface area contributed by atoms with E-state index in [0.29, 0.717) is 5.92 Å². The van der Waals surface area contributed by atoms with Crippen molar-refractivity contribution in [2.45, 2.75) is 18.4 Å². The molecule has 0 aromatic rings. The van der Waals surface area contributed by atoms with Gasteiger partial charge in [-0.1, -0.05) is 0 Å². The standard InChI is InChI=1S/C6H8O3.Zn/c1-5(2)3-6(8)9-4-7;/h3,5H,1-2H3;. The minimum absolute atomic E-state index is 0.0139. The van der Waals surface area contributed by atoms with Crippen LogP contribution in [-0.4, -0.2) is 10.5 Å². The van der Waals surface area contributed by atoms with Crippen molar-refractivity contribution in [2.75, 3.05) is 0 Å². The van der Waals surface area contributed by atoms with Crippen LogP contribution in [0.25, 0.3) is 0 Å². The number of ether oxygens (including phenoxy) is 1. The first-order chi connectivity index (χ1) is 4.61. The van der Waals surface area contributed by atoms with Crippen LogP contribution < -0.4 is 0 Å². The fourth-order valence-corrected chi connectivity index (χ4v) is 3.74. The molecule has 0 amide bonds. The number of cyclic esters (lactones) is 2. The molecule has 1 heterocycles. The van der Waals surface area contributed by atoms with Crippen LogP contribution in [0.5, 0.6) is 0 Å². The quantitative estimate of drug-likeness (QED) is 0.357. The Kier molecular flexibility index (Phi) is 2.19. The Bertz CT molecular complexity index is 176. The van der Waals surface area contributed by atoms with Gasteiger partial charge in [-0.3, -0.25) is 0 Å². The number of esters is 1. The Morgan fingerprint density at radius 3 is 2.30 bits per heavy atom. The second-order valence-corrected chi connectivity index (χ2v) is 6.76. The van der Waals surface area contributed by atoms with Gasteiger partial charge in [0.15, 0.2) is 0 Å². The molecule has 1 unspecified atom stereocenters. The fourth-order valence-electron chi connectivity index (χ4n) is 1.00. The molecule has 0 N–H and O–H groups in total. The van der Waals surface area contributed by atoms with Gasteiger partial charge in [-0.05, 0) is 0 Å². The SMILES string of the molecule is CC(C)[CH]1[Zn][C](=O)OC1=O. The molecule has 1 saturated heterocycles. The fraction of sp³-hybridized carbons (Fsp3) is 0.667. The van der Waals surface area contributed by atoms with Crippen LogP contribution in [-0.2, 0) is 26.7 Å². The zero-order valence-corrected chi connectivity index (χ0v) is 9.05. The van der Waals surface area contributed by atoms with Crippen molar-refractivity contribution in [1.29, 1.82) is 0 Å². The molecule has 0 spiro atoms. The van der Waals surface area contributed by atoms with E-state index in [0.717, 1.165) is 0 Å². The molecule has 1 aliphatic rings. The molecular weight excluding hydrogens is 185 g/mol. The second-order valence-electron chi connectivity index (χ2n) is 2.85. The Morgan fingerprint density at radius 1 is 1.50 bits per heavy atom. The van der Waals surface area contributed by atoms with Gasteiger partial charge >= 0.3 is 66.3 Å². The van der Waals surface area contributed by atoms with Crippen molar-refractivity contribution in [3.63, 3.8) is 0 Å². The van der Waals surface area contributed by atoms with E-state index in [1.54, 1.807) is 0 Å². The maximum absolute atomic E-state index is 10.8. The van der Waals surface area contributed by atoms with Gasteiger partial charge in [-0.25, -0.2) is 0 Å². The topological polar surface area (TPSA) is 43.4 Å². The van der Waals surface area contributed by atoms with Crippen molar-refractivity contribution >= 4 is 10.5 Å². The number of carbonyl (C=O) groups is 2. The molecule has 10 heavy (non-hydrogen) atoms. The Morgan fingerprint density at radius 2 is 2.10 bits per heavy atom. The molecule has 3 nitrogen and oxygen atoms in total. The molecule has 0 aromatic carbocycles. The first-order valence-electron chi connectivity index (χ1n) is 3.36. The summed E-state index contributed by atoms with van der Waals surface area (Å²) >= 11 is -1.34. The summed E-state index contributed by atoms with van der Waals surface area (Å²) in [5.74, 6) is 0.0129. The monoisotopic (exact) mass is 192 g/mol. The summed E-state index contributed by atoms with van der Waals surface area (Å²) in [5, 5.41) is 0. The molecule has 0 aromatic heterocycles. The molecule has 0 bridgehead atoms. The number of hydrogen-bond acceptors (Lipinski definition) is 3. The van der Waals surface area contributed by atoms with Gasteiger partial charge in [0.1, 0.15) is 0 Å². The van der Waals surface area contributed by atoms with E-state index in [-0.39, 0.29) is 15.0 Å². The van der Waals surface area contributed by atoms with Crippen molar-refractivity contribution in [1.82, 2.24) is 0 Å². The Hall–Kier alpha value is -0.237. The van der Waals surface area contributed by atoms with Gasteiger partial charge in [-0.2, -0.15) is 0 Å².